The van der Waals surface area contributed by atoms with Crippen LogP contribution in [0.15, 0.2) is 22.2 Å². The third kappa shape index (κ3) is 4.46. The minimum atomic E-state index is 1.13. The molecule has 0 aliphatic heterocycles. The summed E-state index contributed by atoms with van der Waals surface area (Å²) in [6.45, 7) is 6.30. The maximum Gasteiger partial charge on any atom is 0.0132 e. The van der Waals surface area contributed by atoms with E-state index in [9.17, 15) is 0 Å². The molecule has 0 fully saturated rings. The van der Waals surface area contributed by atoms with Crippen LogP contribution in [0.3, 0.4) is 0 Å². The zero-order valence-electron chi connectivity index (χ0n) is 6.24. The van der Waals surface area contributed by atoms with E-state index in [4.69, 9.17) is 0 Å². The largest absolute Gasteiger partial charge is 0.0734 e. The van der Waals surface area contributed by atoms with Crippen LogP contribution >= 0.6 is 15.9 Å². The van der Waals surface area contributed by atoms with Gasteiger partial charge in [0.25, 0.3) is 0 Å². The van der Waals surface area contributed by atoms with E-state index < -0.39 is 0 Å². The lowest BCUT2D eigenvalue weighted by Gasteiger charge is -1.92. The van der Waals surface area contributed by atoms with Crippen molar-refractivity contribution in [3.8, 4) is 0 Å². The maximum absolute atomic E-state index is 3.40. The SMILES string of the molecule is C/C=C(Br)\C=C(/C)CC. The Morgan fingerprint density at radius 1 is 1.56 bits per heavy atom. The molecular weight excluding hydrogens is 176 g/mol. The van der Waals surface area contributed by atoms with Crippen LogP contribution in [0.1, 0.15) is 27.2 Å². The summed E-state index contributed by atoms with van der Waals surface area (Å²) < 4.78 is 1.17. The molecule has 0 bridgehead atoms. The van der Waals surface area contributed by atoms with Crippen LogP contribution in [0.4, 0.5) is 0 Å². The molecule has 9 heavy (non-hydrogen) atoms. The first-order valence-corrected chi connectivity index (χ1v) is 3.99. The first-order chi connectivity index (χ1) is 4.20. The van der Waals surface area contributed by atoms with E-state index in [1.807, 2.05) is 13.0 Å². The summed E-state index contributed by atoms with van der Waals surface area (Å²) in [6, 6.07) is 0. The van der Waals surface area contributed by atoms with Gasteiger partial charge in [-0.3, -0.25) is 0 Å². The lowest BCUT2D eigenvalue weighted by molar-refractivity contribution is 1.10. The highest BCUT2D eigenvalue weighted by molar-refractivity contribution is 9.11. The minimum Gasteiger partial charge on any atom is -0.0734 e. The molecule has 0 aliphatic carbocycles. The topological polar surface area (TPSA) is 0 Å². The molecule has 0 rings (SSSR count). The number of hydrogen-bond acceptors (Lipinski definition) is 0. The first kappa shape index (κ1) is 8.96. The number of halogens is 1. The molecule has 0 amide bonds. The van der Waals surface area contributed by atoms with Crippen LogP contribution in [0.25, 0.3) is 0 Å². The third-order valence-electron chi connectivity index (χ3n) is 1.22. The van der Waals surface area contributed by atoms with Gasteiger partial charge in [-0.15, -0.1) is 0 Å². The number of rotatable bonds is 2. The van der Waals surface area contributed by atoms with E-state index in [-0.39, 0.29) is 0 Å². The maximum atomic E-state index is 3.40. The summed E-state index contributed by atoms with van der Waals surface area (Å²) in [4.78, 5) is 0. The number of allylic oxidation sites excluding steroid dienone is 4. The van der Waals surface area contributed by atoms with Crippen LogP contribution < -0.4 is 0 Å². The highest BCUT2D eigenvalue weighted by Gasteiger charge is 1.84. The van der Waals surface area contributed by atoms with E-state index in [1.165, 1.54) is 10.1 Å². The van der Waals surface area contributed by atoms with Gasteiger partial charge in [-0.2, -0.15) is 0 Å². The molecule has 0 spiro atoms. The Bertz CT molecular complexity index is 132. The molecule has 0 aromatic heterocycles. The normalized spacial score (nSPS) is 14.2. The van der Waals surface area contributed by atoms with Crippen molar-refractivity contribution in [2.45, 2.75) is 27.2 Å². The van der Waals surface area contributed by atoms with Crippen molar-refractivity contribution >= 4 is 15.9 Å². The molecule has 0 saturated carbocycles. The van der Waals surface area contributed by atoms with E-state index in [2.05, 4.69) is 35.9 Å². The van der Waals surface area contributed by atoms with E-state index in [1.54, 1.807) is 0 Å². The van der Waals surface area contributed by atoms with Gasteiger partial charge < -0.3 is 0 Å². The lowest BCUT2D eigenvalue weighted by atomic mass is 10.2. The molecule has 0 radical (unpaired) electrons. The molecule has 0 aromatic rings. The lowest BCUT2D eigenvalue weighted by Crippen LogP contribution is -1.70. The Kier molecular flexibility index (Phi) is 4.78. The molecule has 0 saturated heterocycles. The zero-order chi connectivity index (χ0) is 7.28. The highest BCUT2D eigenvalue weighted by Crippen LogP contribution is 2.10. The van der Waals surface area contributed by atoms with Crippen LogP contribution in [0, 0.1) is 0 Å². The molecular formula is C8H13Br. The summed E-state index contributed by atoms with van der Waals surface area (Å²) in [7, 11) is 0. The fourth-order valence-corrected chi connectivity index (χ4v) is 0.812. The van der Waals surface area contributed by atoms with Crippen molar-refractivity contribution in [2.75, 3.05) is 0 Å². The minimum absolute atomic E-state index is 1.13. The Balaban J connectivity index is 3.95. The third-order valence-corrected chi connectivity index (χ3v) is 1.90. The van der Waals surface area contributed by atoms with Gasteiger partial charge in [0.15, 0.2) is 0 Å². The van der Waals surface area contributed by atoms with Crippen LogP contribution in [0.5, 0.6) is 0 Å². The molecule has 1 heteroatoms. The van der Waals surface area contributed by atoms with Gasteiger partial charge >= 0.3 is 0 Å². The predicted molar refractivity (Wildman–Crippen MR) is 46.7 cm³/mol. The van der Waals surface area contributed by atoms with E-state index in [0.29, 0.717) is 0 Å². The fraction of sp³-hybridized carbons (Fsp3) is 0.500. The Morgan fingerprint density at radius 3 is 2.44 bits per heavy atom. The molecule has 0 aromatic carbocycles. The van der Waals surface area contributed by atoms with Gasteiger partial charge in [-0.1, -0.05) is 34.5 Å². The van der Waals surface area contributed by atoms with E-state index in [0.717, 1.165) is 6.42 Å². The molecule has 0 atom stereocenters. The molecule has 52 valence electrons. The predicted octanol–water partition coefficient (Wildman–Crippen LogP) is 3.64. The molecule has 0 unspecified atom stereocenters. The summed E-state index contributed by atoms with van der Waals surface area (Å²) >= 11 is 3.40. The highest BCUT2D eigenvalue weighted by atomic mass is 79.9. The Hall–Kier alpha value is -0.0400. The summed E-state index contributed by atoms with van der Waals surface area (Å²) in [5.41, 5.74) is 1.40. The summed E-state index contributed by atoms with van der Waals surface area (Å²) in [5, 5.41) is 0. The standard InChI is InChI=1S/C8H13Br/c1-4-7(3)6-8(9)5-2/h5-6H,4H2,1-3H3/b7-6+,8-5+. The van der Waals surface area contributed by atoms with Crippen molar-refractivity contribution in [3.05, 3.63) is 22.2 Å². The average Bonchev–Trinajstić information content (AvgIpc) is 1.87. The van der Waals surface area contributed by atoms with Crippen molar-refractivity contribution < 1.29 is 0 Å². The Labute approximate surface area is 65.8 Å². The van der Waals surface area contributed by atoms with Crippen molar-refractivity contribution in [1.82, 2.24) is 0 Å². The zero-order valence-corrected chi connectivity index (χ0v) is 7.83. The van der Waals surface area contributed by atoms with Crippen molar-refractivity contribution in [3.63, 3.8) is 0 Å². The monoisotopic (exact) mass is 188 g/mol. The summed E-state index contributed by atoms with van der Waals surface area (Å²) in [6.07, 6.45) is 5.31. The second-order valence-electron chi connectivity index (χ2n) is 2.02. The first-order valence-electron chi connectivity index (χ1n) is 3.19. The van der Waals surface area contributed by atoms with Gasteiger partial charge in [0.2, 0.25) is 0 Å². The smallest absolute Gasteiger partial charge is 0.0132 e. The van der Waals surface area contributed by atoms with Crippen LogP contribution in [-0.2, 0) is 0 Å². The molecule has 0 N–H and O–H groups in total. The molecule has 0 aliphatic rings. The van der Waals surface area contributed by atoms with Gasteiger partial charge in [-0.05, 0) is 26.3 Å². The number of hydrogen-bond donors (Lipinski definition) is 0. The van der Waals surface area contributed by atoms with Crippen LogP contribution in [0.2, 0.25) is 0 Å². The fourth-order valence-electron chi connectivity index (χ4n) is 0.421. The van der Waals surface area contributed by atoms with Gasteiger partial charge in [0.05, 0.1) is 0 Å². The van der Waals surface area contributed by atoms with Crippen LogP contribution in [-0.4, -0.2) is 0 Å². The average molecular weight is 189 g/mol. The summed E-state index contributed by atoms with van der Waals surface area (Å²) in [5.74, 6) is 0. The molecule has 0 heterocycles. The Morgan fingerprint density at radius 2 is 2.11 bits per heavy atom. The van der Waals surface area contributed by atoms with Crippen molar-refractivity contribution in [1.29, 1.82) is 0 Å². The molecule has 0 nitrogen and oxygen atoms in total. The van der Waals surface area contributed by atoms with E-state index >= 15 is 0 Å². The van der Waals surface area contributed by atoms with Gasteiger partial charge in [0.1, 0.15) is 0 Å². The van der Waals surface area contributed by atoms with Gasteiger partial charge in [-0.25, -0.2) is 0 Å². The van der Waals surface area contributed by atoms with Gasteiger partial charge in [0, 0.05) is 4.48 Å². The second kappa shape index (κ2) is 4.80. The second-order valence-corrected chi connectivity index (χ2v) is 2.93. The quantitative estimate of drug-likeness (QED) is 0.581. The van der Waals surface area contributed by atoms with Crippen molar-refractivity contribution in [2.24, 2.45) is 0 Å².